The van der Waals surface area contributed by atoms with Gasteiger partial charge in [-0.15, -0.1) is 12.4 Å². The van der Waals surface area contributed by atoms with Crippen molar-refractivity contribution in [3.63, 3.8) is 0 Å². The zero-order valence-corrected chi connectivity index (χ0v) is 15.8. The number of amides is 2. The molecule has 0 saturated carbocycles. The minimum absolute atomic E-state index is 0. The van der Waals surface area contributed by atoms with E-state index in [2.05, 4.69) is 29.7 Å². The molecule has 0 aromatic heterocycles. The van der Waals surface area contributed by atoms with E-state index < -0.39 is 0 Å². The van der Waals surface area contributed by atoms with Crippen molar-refractivity contribution in [1.29, 1.82) is 0 Å². The summed E-state index contributed by atoms with van der Waals surface area (Å²) in [4.78, 5) is 26.3. The van der Waals surface area contributed by atoms with Gasteiger partial charge in [0.1, 0.15) is 0 Å². The van der Waals surface area contributed by atoms with Gasteiger partial charge >= 0.3 is 0 Å². The molecule has 0 bridgehead atoms. The Morgan fingerprint density at radius 1 is 1.28 bits per heavy atom. The summed E-state index contributed by atoms with van der Waals surface area (Å²) in [5.74, 6) is 0.0142. The number of nitrogens with one attached hydrogen (secondary N) is 2. The van der Waals surface area contributed by atoms with Crippen LogP contribution in [0.1, 0.15) is 38.2 Å². The highest BCUT2D eigenvalue weighted by atomic mass is 35.5. The monoisotopic (exact) mass is 367 g/mol. The summed E-state index contributed by atoms with van der Waals surface area (Å²) in [5.41, 5.74) is 1.30. The van der Waals surface area contributed by atoms with Gasteiger partial charge in [-0.3, -0.25) is 9.59 Å². The maximum absolute atomic E-state index is 12.5. The molecule has 0 radical (unpaired) electrons. The van der Waals surface area contributed by atoms with E-state index in [0.717, 1.165) is 45.3 Å². The third-order valence-corrected chi connectivity index (χ3v) is 4.36. The Bertz CT molecular complexity index is 525. The third kappa shape index (κ3) is 7.45. The molecule has 25 heavy (non-hydrogen) atoms. The normalized spacial score (nSPS) is 17.1. The maximum atomic E-state index is 12.5. The highest BCUT2D eigenvalue weighted by molar-refractivity contribution is 5.88. The number of rotatable bonds is 9. The second kappa shape index (κ2) is 11.9. The van der Waals surface area contributed by atoms with Gasteiger partial charge in [-0.25, -0.2) is 0 Å². The number of benzene rings is 1. The lowest BCUT2D eigenvalue weighted by Crippen LogP contribution is -2.56. The van der Waals surface area contributed by atoms with E-state index in [1.807, 2.05) is 23.1 Å². The van der Waals surface area contributed by atoms with Crippen molar-refractivity contribution in [2.75, 3.05) is 26.2 Å². The van der Waals surface area contributed by atoms with Gasteiger partial charge in [-0.1, -0.05) is 43.7 Å². The number of nitrogens with zero attached hydrogens (tertiary/aromatic N) is 1. The molecule has 1 atom stereocenters. The summed E-state index contributed by atoms with van der Waals surface area (Å²) in [5, 5.41) is 6.06. The lowest BCUT2D eigenvalue weighted by Gasteiger charge is -2.33. The minimum atomic E-state index is -0.378. The quantitative estimate of drug-likeness (QED) is 0.657. The van der Waals surface area contributed by atoms with E-state index in [4.69, 9.17) is 0 Å². The number of hydrogen-bond acceptors (Lipinski definition) is 3. The van der Waals surface area contributed by atoms with Gasteiger partial charge in [-0.05, 0) is 24.8 Å². The Morgan fingerprint density at radius 3 is 2.76 bits per heavy atom. The lowest BCUT2D eigenvalue weighted by atomic mass is 10.1. The number of carbonyl (C=O) groups is 2. The first-order valence-electron chi connectivity index (χ1n) is 9.03. The van der Waals surface area contributed by atoms with E-state index in [1.165, 1.54) is 5.56 Å². The minimum Gasteiger partial charge on any atom is -0.356 e. The van der Waals surface area contributed by atoms with E-state index in [1.54, 1.807) is 0 Å². The zero-order valence-electron chi connectivity index (χ0n) is 15.0. The Morgan fingerprint density at radius 2 is 2.04 bits per heavy atom. The molecule has 5 nitrogen and oxygen atoms in total. The van der Waals surface area contributed by atoms with Crippen molar-refractivity contribution in [3.05, 3.63) is 35.9 Å². The Kier molecular flexibility index (Phi) is 10.2. The first-order valence-corrected chi connectivity index (χ1v) is 9.03. The molecule has 2 N–H and O–H groups in total. The standard InChI is InChI=1S/C19H29N3O2.ClH/c1-2-3-11-21-18(23)15-17-19(24)22(14-12-20-17)13-7-10-16-8-5-4-6-9-16;/h4-6,8-9,17,20H,2-3,7,10-15H2,1H3,(H,21,23);1H. The van der Waals surface area contributed by atoms with Gasteiger partial charge in [0.25, 0.3) is 0 Å². The highest BCUT2D eigenvalue weighted by Gasteiger charge is 2.29. The lowest BCUT2D eigenvalue weighted by molar-refractivity contribution is -0.138. The zero-order chi connectivity index (χ0) is 17.2. The van der Waals surface area contributed by atoms with Crippen molar-refractivity contribution in [3.8, 4) is 0 Å². The van der Waals surface area contributed by atoms with Crippen LogP contribution in [0, 0.1) is 0 Å². The van der Waals surface area contributed by atoms with Crippen LogP contribution < -0.4 is 10.6 Å². The first-order chi connectivity index (χ1) is 11.7. The summed E-state index contributed by atoms with van der Waals surface area (Å²) >= 11 is 0. The Hall–Kier alpha value is -1.59. The molecule has 140 valence electrons. The Labute approximate surface area is 157 Å². The van der Waals surface area contributed by atoms with Crippen molar-refractivity contribution in [2.45, 2.75) is 45.1 Å². The molecule has 1 aliphatic rings. The van der Waals surface area contributed by atoms with Crippen LogP contribution in [0.5, 0.6) is 0 Å². The molecule has 0 aliphatic carbocycles. The smallest absolute Gasteiger partial charge is 0.240 e. The van der Waals surface area contributed by atoms with E-state index in [0.29, 0.717) is 6.54 Å². The van der Waals surface area contributed by atoms with Crippen molar-refractivity contribution in [1.82, 2.24) is 15.5 Å². The molecule has 1 unspecified atom stereocenters. The number of hydrogen-bond donors (Lipinski definition) is 2. The van der Waals surface area contributed by atoms with Crippen LogP contribution in [-0.2, 0) is 16.0 Å². The van der Waals surface area contributed by atoms with Gasteiger partial charge in [-0.2, -0.15) is 0 Å². The molecule has 1 aliphatic heterocycles. The SMILES string of the molecule is CCCCNC(=O)CC1NCCN(CCCc2ccccc2)C1=O.Cl. The Balaban J connectivity index is 0.00000312. The fourth-order valence-corrected chi connectivity index (χ4v) is 2.95. The summed E-state index contributed by atoms with van der Waals surface area (Å²) in [6.07, 6.45) is 4.18. The van der Waals surface area contributed by atoms with Crippen LogP contribution in [0.4, 0.5) is 0 Å². The average Bonchev–Trinajstić information content (AvgIpc) is 2.59. The molecule has 1 aromatic rings. The molecule has 1 aromatic carbocycles. The van der Waals surface area contributed by atoms with Crippen LogP contribution in [0.15, 0.2) is 30.3 Å². The van der Waals surface area contributed by atoms with E-state index in [9.17, 15) is 9.59 Å². The number of carbonyl (C=O) groups excluding carboxylic acids is 2. The van der Waals surface area contributed by atoms with Crippen LogP contribution in [0.25, 0.3) is 0 Å². The van der Waals surface area contributed by atoms with Gasteiger partial charge in [0, 0.05) is 26.2 Å². The number of halogens is 1. The van der Waals surface area contributed by atoms with E-state index >= 15 is 0 Å². The topological polar surface area (TPSA) is 61.4 Å². The van der Waals surface area contributed by atoms with Gasteiger partial charge < -0.3 is 15.5 Å². The number of aryl methyl sites for hydroxylation is 1. The van der Waals surface area contributed by atoms with Crippen molar-refractivity contribution in [2.24, 2.45) is 0 Å². The largest absolute Gasteiger partial charge is 0.356 e. The molecule has 1 saturated heterocycles. The first kappa shape index (κ1) is 21.5. The molecule has 2 amide bonds. The van der Waals surface area contributed by atoms with Crippen LogP contribution in [0.3, 0.4) is 0 Å². The number of unbranched alkanes of at least 4 members (excludes halogenated alkanes) is 1. The molecule has 2 rings (SSSR count). The van der Waals surface area contributed by atoms with Crippen LogP contribution >= 0.6 is 12.4 Å². The third-order valence-electron chi connectivity index (χ3n) is 4.36. The number of piperazine rings is 1. The average molecular weight is 368 g/mol. The van der Waals surface area contributed by atoms with Gasteiger partial charge in [0.2, 0.25) is 11.8 Å². The van der Waals surface area contributed by atoms with Crippen LogP contribution in [0.2, 0.25) is 0 Å². The van der Waals surface area contributed by atoms with E-state index in [-0.39, 0.29) is 36.7 Å². The molecular weight excluding hydrogens is 338 g/mol. The molecular formula is C19H30ClN3O2. The summed E-state index contributed by atoms with van der Waals surface area (Å²) in [6.45, 7) is 5.01. The maximum Gasteiger partial charge on any atom is 0.240 e. The fraction of sp³-hybridized carbons (Fsp3) is 0.579. The summed E-state index contributed by atoms with van der Waals surface area (Å²) < 4.78 is 0. The van der Waals surface area contributed by atoms with Gasteiger partial charge in [0.15, 0.2) is 0 Å². The van der Waals surface area contributed by atoms with Crippen molar-refractivity contribution < 1.29 is 9.59 Å². The molecule has 0 spiro atoms. The molecule has 6 heteroatoms. The fourth-order valence-electron chi connectivity index (χ4n) is 2.95. The van der Waals surface area contributed by atoms with Gasteiger partial charge in [0.05, 0.1) is 12.5 Å². The second-order valence-corrected chi connectivity index (χ2v) is 6.33. The second-order valence-electron chi connectivity index (χ2n) is 6.33. The summed E-state index contributed by atoms with van der Waals surface area (Å²) in [6, 6.07) is 9.94. The highest BCUT2D eigenvalue weighted by Crippen LogP contribution is 2.08. The molecule has 1 fully saturated rings. The molecule has 1 heterocycles. The van der Waals surface area contributed by atoms with Crippen molar-refractivity contribution >= 4 is 24.2 Å². The predicted octanol–water partition coefficient (Wildman–Crippen LogP) is 2.15. The summed E-state index contributed by atoms with van der Waals surface area (Å²) in [7, 11) is 0. The van der Waals surface area contributed by atoms with Crippen LogP contribution in [-0.4, -0.2) is 48.9 Å². The predicted molar refractivity (Wildman–Crippen MR) is 103 cm³/mol.